The molecule has 6 heteroatoms. The average Bonchev–Trinajstić information content (AvgIpc) is 2.79. The van der Waals surface area contributed by atoms with Crippen molar-refractivity contribution in [2.24, 2.45) is 0 Å². The monoisotopic (exact) mass is 278 g/mol. The molecule has 1 aromatic heterocycles. The van der Waals surface area contributed by atoms with Crippen LogP contribution in [0.5, 0.6) is 0 Å². The van der Waals surface area contributed by atoms with Crippen molar-refractivity contribution in [1.29, 1.82) is 0 Å². The first-order chi connectivity index (χ1) is 9.74. The number of hydrogen-bond acceptors (Lipinski definition) is 4. The Hall–Kier alpha value is -1.56. The summed E-state index contributed by atoms with van der Waals surface area (Å²) in [5.74, 6) is 0.586. The Morgan fingerprint density at radius 3 is 3.05 bits per heavy atom. The van der Waals surface area contributed by atoms with Crippen molar-refractivity contribution in [3.63, 3.8) is 0 Å². The summed E-state index contributed by atoms with van der Waals surface area (Å²) < 4.78 is 1.97. The number of hydrogen-bond donors (Lipinski definition) is 3. The summed E-state index contributed by atoms with van der Waals surface area (Å²) in [5, 5.41) is 16.2. The largest absolute Gasteiger partial charge is 0.391 e. The van der Waals surface area contributed by atoms with Crippen LogP contribution >= 0.6 is 0 Å². The first-order valence-corrected chi connectivity index (χ1v) is 7.54. The van der Waals surface area contributed by atoms with Gasteiger partial charge in [0, 0.05) is 19.3 Å². The fourth-order valence-corrected chi connectivity index (χ4v) is 2.99. The number of nitrogens with one attached hydrogen (secondary N) is 2. The van der Waals surface area contributed by atoms with Gasteiger partial charge in [-0.05, 0) is 19.3 Å². The van der Waals surface area contributed by atoms with E-state index in [4.69, 9.17) is 0 Å². The maximum absolute atomic E-state index is 12.3. The minimum Gasteiger partial charge on any atom is -0.391 e. The summed E-state index contributed by atoms with van der Waals surface area (Å²) in [5.41, 5.74) is 0.436. The molecule has 1 aliphatic carbocycles. The van der Waals surface area contributed by atoms with Gasteiger partial charge >= 0.3 is 0 Å². The maximum Gasteiger partial charge on any atom is 0.271 e. The number of nitrogens with zero attached hydrogens (tertiary/aromatic N) is 2. The van der Waals surface area contributed by atoms with E-state index in [1.54, 1.807) is 6.20 Å². The summed E-state index contributed by atoms with van der Waals surface area (Å²) in [7, 11) is 0. The lowest BCUT2D eigenvalue weighted by molar-refractivity contribution is 0.0814. The summed E-state index contributed by atoms with van der Waals surface area (Å²) in [6.45, 7) is 1.80. The molecule has 1 fully saturated rings. The molecule has 2 atom stereocenters. The molecule has 1 aromatic rings. The quantitative estimate of drug-likeness (QED) is 0.708. The smallest absolute Gasteiger partial charge is 0.271 e. The third-order valence-electron chi connectivity index (χ3n) is 4.16. The molecule has 3 N–H and O–H groups in total. The van der Waals surface area contributed by atoms with Gasteiger partial charge in [0.1, 0.15) is 5.69 Å². The third-order valence-corrected chi connectivity index (χ3v) is 4.16. The predicted molar refractivity (Wildman–Crippen MR) is 75.7 cm³/mol. The van der Waals surface area contributed by atoms with E-state index in [0.717, 1.165) is 57.6 Å². The van der Waals surface area contributed by atoms with Gasteiger partial charge < -0.3 is 20.3 Å². The van der Waals surface area contributed by atoms with Crippen molar-refractivity contribution in [1.82, 2.24) is 14.9 Å². The van der Waals surface area contributed by atoms with Crippen molar-refractivity contribution in [2.75, 3.05) is 11.9 Å². The zero-order valence-electron chi connectivity index (χ0n) is 11.6. The molecule has 2 heterocycles. The van der Waals surface area contributed by atoms with E-state index < -0.39 is 6.10 Å². The van der Waals surface area contributed by atoms with E-state index in [0.29, 0.717) is 5.69 Å². The van der Waals surface area contributed by atoms with Gasteiger partial charge in [-0.3, -0.25) is 4.79 Å². The van der Waals surface area contributed by atoms with Gasteiger partial charge in [0.15, 0.2) is 0 Å². The zero-order valence-corrected chi connectivity index (χ0v) is 11.6. The number of amides is 1. The number of anilines is 1. The van der Waals surface area contributed by atoms with Crippen LogP contribution < -0.4 is 10.6 Å². The number of carbonyl (C=O) groups excluding carboxylic acids is 1. The first kappa shape index (κ1) is 13.4. The molecule has 2 aliphatic rings. The van der Waals surface area contributed by atoms with E-state index in [1.165, 1.54) is 0 Å². The van der Waals surface area contributed by atoms with Crippen LogP contribution in [0.15, 0.2) is 6.20 Å². The first-order valence-electron chi connectivity index (χ1n) is 7.54. The molecule has 0 spiro atoms. The lowest BCUT2D eigenvalue weighted by atomic mass is 10.1. The van der Waals surface area contributed by atoms with Gasteiger partial charge in [0.05, 0.1) is 12.1 Å². The van der Waals surface area contributed by atoms with Crippen molar-refractivity contribution in [2.45, 2.75) is 57.2 Å². The van der Waals surface area contributed by atoms with Crippen LogP contribution in [0.25, 0.3) is 0 Å². The zero-order chi connectivity index (χ0) is 13.9. The van der Waals surface area contributed by atoms with E-state index in [9.17, 15) is 9.90 Å². The number of aromatic nitrogens is 2. The van der Waals surface area contributed by atoms with E-state index in [1.807, 2.05) is 4.57 Å². The van der Waals surface area contributed by atoms with Crippen molar-refractivity contribution in [3.05, 3.63) is 11.9 Å². The van der Waals surface area contributed by atoms with Gasteiger partial charge in [-0.25, -0.2) is 4.98 Å². The molecule has 3 rings (SSSR count). The highest BCUT2D eigenvalue weighted by Crippen LogP contribution is 2.19. The fraction of sp³-hybridized carbons (Fsp3) is 0.714. The van der Waals surface area contributed by atoms with Gasteiger partial charge in [-0.2, -0.15) is 0 Å². The number of aliphatic hydroxyl groups excluding tert-OH is 1. The second-order valence-electron chi connectivity index (χ2n) is 5.71. The van der Waals surface area contributed by atoms with Gasteiger partial charge in [-0.15, -0.1) is 0 Å². The highest BCUT2D eigenvalue weighted by molar-refractivity contribution is 5.92. The summed E-state index contributed by atoms with van der Waals surface area (Å²) >= 11 is 0. The normalized spacial score (nSPS) is 26.2. The SMILES string of the molecule is O=C(NC1CCCCCC1O)c1cn2c(n1)NCCC2. The molecular weight excluding hydrogens is 256 g/mol. The number of aliphatic hydroxyl groups is 1. The molecule has 0 aromatic carbocycles. The second-order valence-corrected chi connectivity index (χ2v) is 5.71. The Labute approximate surface area is 118 Å². The Morgan fingerprint density at radius 1 is 1.35 bits per heavy atom. The predicted octanol–water partition coefficient (Wildman–Crippen LogP) is 1.12. The van der Waals surface area contributed by atoms with Crippen LogP contribution in [0, 0.1) is 0 Å². The lowest BCUT2D eigenvalue weighted by Crippen LogP contribution is -2.42. The van der Waals surface area contributed by atoms with Crippen LogP contribution in [-0.2, 0) is 6.54 Å². The van der Waals surface area contributed by atoms with Crippen molar-refractivity contribution >= 4 is 11.9 Å². The van der Waals surface area contributed by atoms with Crippen molar-refractivity contribution < 1.29 is 9.90 Å². The van der Waals surface area contributed by atoms with Crippen LogP contribution in [0.3, 0.4) is 0 Å². The topological polar surface area (TPSA) is 79.2 Å². The number of carbonyl (C=O) groups is 1. The standard InChI is InChI=1S/C14H22N4O2/c19-12-6-3-1-2-5-10(12)16-13(20)11-9-18-8-4-7-15-14(18)17-11/h9-10,12,19H,1-8H2,(H,15,17)(H,16,20). The van der Waals surface area contributed by atoms with Crippen LogP contribution in [0.1, 0.15) is 49.0 Å². The summed E-state index contributed by atoms with van der Waals surface area (Å²) in [6.07, 6.45) is 7.25. The number of imidazole rings is 1. The Morgan fingerprint density at radius 2 is 2.20 bits per heavy atom. The lowest BCUT2D eigenvalue weighted by Gasteiger charge is -2.21. The van der Waals surface area contributed by atoms with Crippen LogP contribution in [0.2, 0.25) is 0 Å². The molecule has 0 saturated heterocycles. The highest BCUT2D eigenvalue weighted by atomic mass is 16.3. The summed E-state index contributed by atoms with van der Waals surface area (Å²) in [6, 6.07) is -0.142. The highest BCUT2D eigenvalue weighted by Gasteiger charge is 2.25. The van der Waals surface area contributed by atoms with E-state index in [-0.39, 0.29) is 11.9 Å². The van der Waals surface area contributed by atoms with Gasteiger partial charge in [-0.1, -0.05) is 19.3 Å². The maximum atomic E-state index is 12.3. The minimum atomic E-state index is -0.434. The number of fused-ring (bicyclic) bond motifs is 1. The Balaban J connectivity index is 1.67. The molecule has 110 valence electrons. The van der Waals surface area contributed by atoms with Gasteiger partial charge in [0.25, 0.3) is 5.91 Å². The van der Waals surface area contributed by atoms with Crippen LogP contribution in [0.4, 0.5) is 5.95 Å². The number of rotatable bonds is 2. The molecule has 0 bridgehead atoms. The van der Waals surface area contributed by atoms with E-state index in [2.05, 4.69) is 15.6 Å². The van der Waals surface area contributed by atoms with Gasteiger partial charge in [0.2, 0.25) is 5.95 Å². The van der Waals surface area contributed by atoms with Crippen LogP contribution in [-0.4, -0.2) is 39.3 Å². The second kappa shape index (κ2) is 5.83. The molecular formula is C14H22N4O2. The minimum absolute atomic E-state index is 0.142. The van der Waals surface area contributed by atoms with Crippen molar-refractivity contribution in [3.8, 4) is 0 Å². The molecule has 1 aliphatic heterocycles. The molecule has 1 saturated carbocycles. The van der Waals surface area contributed by atoms with E-state index >= 15 is 0 Å². The Kier molecular flexibility index (Phi) is 3.91. The molecule has 20 heavy (non-hydrogen) atoms. The molecule has 2 unspecified atom stereocenters. The fourth-order valence-electron chi connectivity index (χ4n) is 2.99. The average molecular weight is 278 g/mol. The number of aryl methyl sites for hydroxylation is 1. The summed E-state index contributed by atoms with van der Waals surface area (Å²) in [4.78, 5) is 16.6. The Bertz CT molecular complexity index is 462. The third kappa shape index (κ3) is 2.80. The molecule has 0 radical (unpaired) electrons. The molecule has 1 amide bonds. The molecule has 6 nitrogen and oxygen atoms in total.